The number of ether oxygens (including phenoxy) is 1. The van der Waals surface area contributed by atoms with Gasteiger partial charge in [-0.05, 0) is 25.3 Å². The molecule has 2 atom stereocenters. The van der Waals surface area contributed by atoms with Gasteiger partial charge in [0.05, 0.1) is 18.4 Å². The number of rotatable bonds is 6. The zero-order chi connectivity index (χ0) is 12.8. The van der Waals surface area contributed by atoms with Gasteiger partial charge in [0, 0.05) is 11.9 Å². The third kappa shape index (κ3) is 4.04. The third-order valence-electron chi connectivity index (χ3n) is 3.60. The lowest BCUT2D eigenvalue weighted by Gasteiger charge is -2.28. The first kappa shape index (κ1) is 14.0. The topological polar surface area (TPSA) is 34.2 Å². The molecule has 0 bridgehead atoms. The van der Waals surface area contributed by atoms with E-state index in [4.69, 9.17) is 4.74 Å². The second-order valence-electron chi connectivity index (χ2n) is 5.12. The molecule has 1 aromatic rings. The fourth-order valence-electron chi connectivity index (χ4n) is 2.45. The van der Waals surface area contributed by atoms with E-state index in [0.29, 0.717) is 18.6 Å². The van der Waals surface area contributed by atoms with Crippen molar-refractivity contribution in [1.82, 2.24) is 10.3 Å². The lowest BCUT2D eigenvalue weighted by molar-refractivity contribution is -0.0166. The van der Waals surface area contributed by atoms with Crippen LogP contribution >= 0.6 is 11.3 Å². The summed E-state index contributed by atoms with van der Waals surface area (Å²) in [5, 5.41) is 6.58. The summed E-state index contributed by atoms with van der Waals surface area (Å²) in [5.41, 5.74) is 1.09. The second-order valence-corrected chi connectivity index (χ2v) is 6.07. The Morgan fingerprint density at radius 2 is 2.28 bits per heavy atom. The van der Waals surface area contributed by atoms with Crippen molar-refractivity contribution in [3.8, 4) is 0 Å². The Kier molecular flexibility index (Phi) is 5.60. The quantitative estimate of drug-likeness (QED) is 0.859. The highest BCUT2D eigenvalue weighted by Crippen LogP contribution is 2.27. The predicted molar refractivity (Wildman–Crippen MR) is 75.7 cm³/mol. The third-order valence-corrected chi connectivity index (χ3v) is 4.50. The molecule has 0 aliphatic heterocycles. The Bertz CT molecular complexity index is 353. The SMILES string of the molecule is CCNCc1nc(COC2CCCCC2C)cs1. The predicted octanol–water partition coefficient (Wildman–Crippen LogP) is 3.35. The molecule has 18 heavy (non-hydrogen) atoms. The van der Waals surface area contributed by atoms with Crippen molar-refractivity contribution in [1.29, 1.82) is 0 Å². The summed E-state index contributed by atoms with van der Waals surface area (Å²) in [4.78, 5) is 4.59. The molecule has 0 aromatic carbocycles. The number of thiazole rings is 1. The van der Waals surface area contributed by atoms with Crippen LogP contribution in [0.3, 0.4) is 0 Å². The van der Waals surface area contributed by atoms with E-state index in [2.05, 4.69) is 29.5 Å². The summed E-state index contributed by atoms with van der Waals surface area (Å²) in [6.07, 6.45) is 5.66. The van der Waals surface area contributed by atoms with Gasteiger partial charge in [0.15, 0.2) is 0 Å². The lowest BCUT2D eigenvalue weighted by Crippen LogP contribution is -2.25. The minimum Gasteiger partial charge on any atom is -0.372 e. The molecule has 2 rings (SSSR count). The van der Waals surface area contributed by atoms with Gasteiger partial charge in [-0.2, -0.15) is 0 Å². The number of nitrogens with zero attached hydrogens (tertiary/aromatic N) is 1. The van der Waals surface area contributed by atoms with Crippen molar-refractivity contribution in [2.75, 3.05) is 6.54 Å². The monoisotopic (exact) mass is 268 g/mol. The Morgan fingerprint density at radius 3 is 3.06 bits per heavy atom. The van der Waals surface area contributed by atoms with Crippen LogP contribution in [0, 0.1) is 5.92 Å². The summed E-state index contributed by atoms with van der Waals surface area (Å²) in [5.74, 6) is 0.707. The van der Waals surface area contributed by atoms with Crippen LogP contribution in [0.1, 0.15) is 50.2 Å². The lowest BCUT2D eigenvalue weighted by atomic mass is 9.88. The normalized spacial score (nSPS) is 24.3. The fraction of sp³-hybridized carbons (Fsp3) is 0.786. The minimum atomic E-state index is 0.442. The van der Waals surface area contributed by atoms with E-state index >= 15 is 0 Å². The maximum Gasteiger partial charge on any atom is 0.107 e. The summed E-state index contributed by atoms with van der Waals surface area (Å²) >= 11 is 1.72. The summed E-state index contributed by atoms with van der Waals surface area (Å²) in [6.45, 7) is 6.97. The molecule has 1 heterocycles. The Balaban J connectivity index is 1.77. The van der Waals surface area contributed by atoms with Crippen molar-refractivity contribution in [2.45, 2.75) is 58.8 Å². The molecule has 0 radical (unpaired) electrons. The van der Waals surface area contributed by atoms with Gasteiger partial charge in [-0.1, -0.05) is 26.7 Å². The first-order chi connectivity index (χ1) is 8.79. The molecule has 3 nitrogen and oxygen atoms in total. The Morgan fingerprint density at radius 1 is 1.44 bits per heavy atom. The average Bonchev–Trinajstić information content (AvgIpc) is 2.83. The smallest absolute Gasteiger partial charge is 0.107 e. The number of hydrogen-bond acceptors (Lipinski definition) is 4. The summed E-state index contributed by atoms with van der Waals surface area (Å²) in [7, 11) is 0. The van der Waals surface area contributed by atoms with Gasteiger partial charge in [0.1, 0.15) is 5.01 Å². The van der Waals surface area contributed by atoms with Crippen LogP contribution in [0.2, 0.25) is 0 Å². The van der Waals surface area contributed by atoms with E-state index in [9.17, 15) is 0 Å². The van der Waals surface area contributed by atoms with Gasteiger partial charge in [-0.3, -0.25) is 0 Å². The van der Waals surface area contributed by atoms with Crippen molar-refractivity contribution in [3.63, 3.8) is 0 Å². The number of nitrogens with one attached hydrogen (secondary N) is 1. The Hall–Kier alpha value is -0.450. The van der Waals surface area contributed by atoms with Crippen molar-refractivity contribution in [3.05, 3.63) is 16.1 Å². The molecular weight excluding hydrogens is 244 g/mol. The van der Waals surface area contributed by atoms with E-state index < -0.39 is 0 Å². The van der Waals surface area contributed by atoms with E-state index in [-0.39, 0.29) is 0 Å². The van der Waals surface area contributed by atoms with Crippen LogP contribution in [-0.2, 0) is 17.9 Å². The molecular formula is C14H24N2OS. The molecule has 102 valence electrons. The highest BCUT2D eigenvalue weighted by Gasteiger charge is 2.21. The summed E-state index contributed by atoms with van der Waals surface area (Å²) in [6, 6.07) is 0. The molecule has 1 N–H and O–H groups in total. The minimum absolute atomic E-state index is 0.442. The highest BCUT2D eigenvalue weighted by molar-refractivity contribution is 7.09. The second kappa shape index (κ2) is 7.22. The average molecular weight is 268 g/mol. The molecule has 4 heteroatoms. The van der Waals surface area contributed by atoms with Crippen LogP contribution in [0.25, 0.3) is 0 Å². The largest absolute Gasteiger partial charge is 0.372 e. The van der Waals surface area contributed by atoms with Gasteiger partial charge < -0.3 is 10.1 Å². The van der Waals surface area contributed by atoms with Crippen molar-refractivity contribution >= 4 is 11.3 Å². The first-order valence-corrected chi connectivity index (χ1v) is 7.93. The van der Waals surface area contributed by atoms with E-state index in [1.807, 2.05) is 0 Å². The maximum absolute atomic E-state index is 6.02. The van der Waals surface area contributed by atoms with Crippen LogP contribution in [-0.4, -0.2) is 17.6 Å². The van der Waals surface area contributed by atoms with Crippen LogP contribution in [0.5, 0.6) is 0 Å². The molecule has 0 saturated heterocycles. The fourth-order valence-corrected chi connectivity index (χ4v) is 3.20. The molecule has 2 unspecified atom stereocenters. The number of aromatic nitrogens is 1. The van der Waals surface area contributed by atoms with Gasteiger partial charge in [-0.15, -0.1) is 11.3 Å². The molecule has 1 aromatic heterocycles. The maximum atomic E-state index is 6.02. The van der Waals surface area contributed by atoms with Gasteiger partial charge in [0.25, 0.3) is 0 Å². The molecule has 1 fully saturated rings. The zero-order valence-electron chi connectivity index (χ0n) is 11.4. The zero-order valence-corrected chi connectivity index (χ0v) is 12.3. The van der Waals surface area contributed by atoms with Crippen LogP contribution in [0.15, 0.2) is 5.38 Å². The molecule has 1 aliphatic carbocycles. The van der Waals surface area contributed by atoms with Crippen LogP contribution in [0.4, 0.5) is 0 Å². The molecule has 1 aliphatic rings. The standard InChI is InChI=1S/C14H24N2OS/c1-3-15-8-14-16-12(10-18-14)9-17-13-7-5-4-6-11(13)2/h10-11,13,15H,3-9H2,1-2H3. The highest BCUT2D eigenvalue weighted by atomic mass is 32.1. The van der Waals surface area contributed by atoms with E-state index in [1.54, 1.807) is 11.3 Å². The molecule has 0 amide bonds. The summed E-state index contributed by atoms with van der Waals surface area (Å²) < 4.78 is 6.02. The van der Waals surface area contributed by atoms with Gasteiger partial charge >= 0.3 is 0 Å². The molecule has 0 spiro atoms. The van der Waals surface area contributed by atoms with Crippen LogP contribution < -0.4 is 5.32 Å². The Labute approximate surface area is 114 Å². The number of hydrogen-bond donors (Lipinski definition) is 1. The van der Waals surface area contributed by atoms with Gasteiger partial charge in [0.2, 0.25) is 0 Å². The molecule has 1 saturated carbocycles. The van der Waals surface area contributed by atoms with Gasteiger partial charge in [-0.25, -0.2) is 4.98 Å². The van der Waals surface area contributed by atoms with Crippen molar-refractivity contribution < 1.29 is 4.74 Å². The first-order valence-electron chi connectivity index (χ1n) is 7.05. The van der Waals surface area contributed by atoms with E-state index in [0.717, 1.165) is 23.8 Å². The van der Waals surface area contributed by atoms with E-state index in [1.165, 1.54) is 25.7 Å². The van der Waals surface area contributed by atoms with Crippen molar-refractivity contribution in [2.24, 2.45) is 5.92 Å².